The van der Waals surface area contributed by atoms with E-state index in [9.17, 15) is 9.59 Å². The van der Waals surface area contributed by atoms with E-state index in [0.717, 1.165) is 5.52 Å². The van der Waals surface area contributed by atoms with Crippen LogP contribution < -0.4 is 10.6 Å². The maximum absolute atomic E-state index is 12.3. The van der Waals surface area contributed by atoms with Crippen LogP contribution in [0.1, 0.15) is 26.7 Å². The Balaban J connectivity index is 2.03. The van der Waals surface area contributed by atoms with Crippen LogP contribution in [-0.2, 0) is 19.1 Å². The lowest BCUT2D eigenvalue weighted by Gasteiger charge is -2.13. The Kier molecular flexibility index (Phi) is 8.57. The van der Waals surface area contributed by atoms with Gasteiger partial charge in [-0.3, -0.25) is 14.7 Å². The predicted octanol–water partition coefficient (Wildman–Crippen LogP) is 3.40. The molecule has 3 N–H and O–H groups in total. The maximum atomic E-state index is 12.3. The number of carbonyl (C=O) groups is 2. The van der Waals surface area contributed by atoms with E-state index in [1.165, 1.54) is 0 Å². The van der Waals surface area contributed by atoms with E-state index in [-0.39, 0.29) is 11.8 Å². The summed E-state index contributed by atoms with van der Waals surface area (Å²) in [5.74, 6) is -0.191. The van der Waals surface area contributed by atoms with E-state index in [2.05, 4.69) is 34.0 Å². The third kappa shape index (κ3) is 6.55. The van der Waals surface area contributed by atoms with Gasteiger partial charge < -0.3 is 20.1 Å². The number of hydrogen-bond donors (Lipinski definition) is 3. The van der Waals surface area contributed by atoms with Crippen molar-refractivity contribution in [2.75, 3.05) is 23.8 Å². The number of aromatic amines is 1. The predicted molar refractivity (Wildman–Crippen MR) is 114 cm³/mol. The summed E-state index contributed by atoms with van der Waals surface area (Å²) in [6.45, 7) is 11.5. The quantitative estimate of drug-likeness (QED) is 0.374. The van der Waals surface area contributed by atoms with Crippen molar-refractivity contribution in [2.45, 2.75) is 38.9 Å². The van der Waals surface area contributed by atoms with Gasteiger partial charge >= 0.3 is 0 Å². The topological polar surface area (TPSA) is 105 Å². The minimum atomic E-state index is -0.627. The highest BCUT2D eigenvalue weighted by atomic mass is 16.5. The first-order chi connectivity index (χ1) is 14.0. The van der Waals surface area contributed by atoms with Crippen molar-refractivity contribution in [3.8, 4) is 0 Å². The first kappa shape index (κ1) is 22.3. The van der Waals surface area contributed by atoms with Crippen LogP contribution >= 0.6 is 0 Å². The Morgan fingerprint density at radius 3 is 2.24 bits per heavy atom. The van der Waals surface area contributed by atoms with Crippen LogP contribution in [0.15, 0.2) is 43.5 Å². The molecular weight excluding hydrogens is 372 g/mol. The van der Waals surface area contributed by atoms with E-state index < -0.39 is 12.2 Å². The largest absolute Gasteiger partial charge is 0.368 e. The van der Waals surface area contributed by atoms with Crippen molar-refractivity contribution in [3.63, 3.8) is 0 Å². The standard InChI is InChI=1S/C21H28N4O4/c1-5-7-11-28-14(3)20(26)22-16-9-10-18-17(13-16)19(25-24-18)23-21(27)15(4)29-12-8-6-2/h5-6,9-10,13-15H,1-2,7-8,11-12H2,3-4H3,(H,22,26)(H2,23,24,25,27)/t14-,15-/m1/s1. The van der Waals surface area contributed by atoms with Crippen LogP contribution in [0.25, 0.3) is 10.9 Å². The molecule has 29 heavy (non-hydrogen) atoms. The average Bonchev–Trinajstić information content (AvgIpc) is 3.10. The molecule has 0 aliphatic carbocycles. The van der Waals surface area contributed by atoms with Crippen molar-refractivity contribution in [1.29, 1.82) is 0 Å². The summed E-state index contributed by atoms with van der Waals surface area (Å²) in [4.78, 5) is 24.6. The van der Waals surface area contributed by atoms with Gasteiger partial charge in [-0.05, 0) is 44.9 Å². The van der Waals surface area contributed by atoms with Crippen LogP contribution in [0.2, 0.25) is 0 Å². The van der Waals surface area contributed by atoms with Crippen molar-refractivity contribution in [2.24, 2.45) is 0 Å². The number of anilines is 2. The summed E-state index contributed by atoms with van der Waals surface area (Å²) in [6.07, 6.45) is 3.59. The van der Waals surface area contributed by atoms with Crippen LogP contribution in [-0.4, -0.2) is 47.4 Å². The van der Waals surface area contributed by atoms with E-state index in [1.54, 1.807) is 44.2 Å². The third-order valence-electron chi connectivity index (χ3n) is 4.19. The number of H-pyrrole nitrogens is 1. The Morgan fingerprint density at radius 2 is 1.66 bits per heavy atom. The molecule has 0 aliphatic heterocycles. The van der Waals surface area contributed by atoms with Gasteiger partial charge in [0.2, 0.25) is 0 Å². The second kappa shape index (κ2) is 11.1. The van der Waals surface area contributed by atoms with Gasteiger partial charge in [0.25, 0.3) is 11.8 Å². The van der Waals surface area contributed by atoms with E-state index in [4.69, 9.17) is 9.47 Å². The SMILES string of the molecule is C=CCCO[C@H](C)C(=O)Nc1ccc2[nH]nc(NC(=O)[C@@H](C)OCCC=C)c2c1. The lowest BCUT2D eigenvalue weighted by atomic mass is 10.2. The Labute approximate surface area is 170 Å². The maximum Gasteiger partial charge on any atom is 0.254 e. The number of benzene rings is 1. The molecule has 0 aliphatic rings. The van der Waals surface area contributed by atoms with Gasteiger partial charge in [-0.2, -0.15) is 5.10 Å². The van der Waals surface area contributed by atoms with Gasteiger partial charge in [0, 0.05) is 11.1 Å². The zero-order valence-electron chi connectivity index (χ0n) is 16.9. The van der Waals surface area contributed by atoms with Gasteiger partial charge in [-0.1, -0.05) is 12.2 Å². The molecule has 2 amide bonds. The molecular formula is C21H28N4O4. The molecule has 0 bridgehead atoms. The molecule has 1 heterocycles. The second-order valence-electron chi connectivity index (χ2n) is 6.49. The zero-order valence-corrected chi connectivity index (χ0v) is 16.9. The van der Waals surface area contributed by atoms with Crippen molar-refractivity contribution in [3.05, 3.63) is 43.5 Å². The van der Waals surface area contributed by atoms with Crippen molar-refractivity contribution >= 4 is 34.2 Å². The molecule has 0 spiro atoms. The summed E-state index contributed by atoms with van der Waals surface area (Å²) in [5.41, 5.74) is 1.31. The minimum Gasteiger partial charge on any atom is -0.368 e. The van der Waals surface area contributed by atoms with Crippen LogP contribution in [0.4, 0.5) is 11.5 Å². The molecule has 0 fully saturated rings. The van der Waals surface area contributed by atoms with Gasteiger partial charge in [-0.25, -0.2) is 0 Å². The Hall–Kier alpha value is -2.97. The molecule has 156 valence electrons. The lowest BCUT2D eigenvalue weighted by Crippen LogP contribution is -2.28. The summed E-state index contributed by atoms with van der Waals surface area (Å²) in [5, 5.41) is 13.2. The van der Waals surface area contributed by atoms with Gasteiger partial charge in [0.1, 0.15) is 12.2 Å². The van der Waals surface area contributed by atoms with Gasteiger partial charge in [0.15, 0.2) is 5.82 Å². The van der Waals surface area contributed by atoms with E-state index in [0.29, 0.717) is 42.9 Å². The van der Waals surface area contributed by atoms with Crippen LogP contribution in [0, 0.1) is 0 Å². The first-order valence-corrected chi connectivity index (χ1v) is 9.51. The fourth-order valence-corrected chi connectivity index (χ4v) is 2.46. The molecule has 0 unspecified atom stereocenters. The number of nitrogens with zero attached hydrogens (tertiary/aromatic N) is 1. The number of carbonyl (C=O) groups excluding carboxylic acids is 2. The number of hydrogen-bond acceptors (Lipinski definition) is 5. The normalized spacial score (nSPS) is 12.9. The fourth-order valence-electron chi connectivity index (χ4n) is 2.46. The fraction of sp³-hybridized carbons (Fsp3) is 0.381. The Bertz CT molecular complexity index is 861. The summed E-state index contributed by atoms with van der Waals surface area (Å²) in [7, 11) is 0. The van der Waals surface area contributed by atoms with Crippen molar-refractivity contribution in [1.82, 2.24) is 10.2 Å². The minimum absolute atomic E-state index is 0.258. The molecule has 0 saturated carbocycles. The first-order valence-electron chi connectivity index (χ1n) is 9.51. The molecule has 0 radical (unpaired) electrons. The van der Waals surface area contributed by atoms with Crippen molar-refractivity contribution < 1.29 is 19.1 Å². The van der Waals surface area contributed by atoms with E-state index in [1.807, 2.05) is 0 Å². The number of aromatic nitrogens is 2. The highest BCUT2D eigenvalue weighted by Gasteiger charge is 2.17. The molecule has 8 heteroatoms. The summed E-state index contributed by atoms with van der Waals surface area (Å²) >= 11 is 0. The van der Waals surface area contributed by atoms with Gasteiger partial charge in [-0.15, -0.1) is 13.2 Å². The smallest absolute Gasteiger partial charge is 0.254 e. The number of amides is 2. The van der Waals surface area contributed by atoms with Crippen LogP contribution in [0.3, 0.4) is 0 Å². The molecule has 0 saturated heterocycles. The van der Waals surface area contributed by atoms with Gasteiger partial charge in [0.05, 0.1) is 18.7 Å². The summed E-state index contributed by atoms with van der Waals surface area (Å²) < 4.78 is 10.9. The number of fused-ring (bicyclic) bond motifs is 1. The van der Waals surface area contributed by atoms with E-state index >= 15 is 0 Å². The number of rotatable bonds is 12. The monoisotopic (exact) mass is 400 g/mol. The molecule has 2 atom stereocenters. The molecule has 8 nitrogen and oxygen atoms in total. The number of nitrogens with one attached hydrogen (secondary N) is 3. The lowest BCUT2D eigenvalue weighted by molar-refractivity contribution is -0.126. The average molecular weight is 400 g/mol. The number of ether oxygens (including phenoxy) is 2. The highest BCUT2D eigenvalue weighted by molar-refractivity contribution is 6.03. The third-order valence-corrected chi connectivity index (χ3v) is 4.19. The molecule has 2 rings (SSSR count). The molecule has 2 aromatic rings. The highest BCUT2D eigenvalue weighted by Crippen LogP contribution is 2.24. The zero-order chi connectivity index (χ0) is 21.2. The molecule has 1 aromatic carbocycles. The second-order valence-corrected chi connectivity index (χ2v) is 6.49. The summed E-state index contributed by atoms with van der Waals surface area (Å²) in [6, 6.07) is 5.27. The molecule has 1 aromatic heterocycles. The van der Waals surface area contributed by atoms with Crippen LogP contribution in [0.5, 0.6) is 0 Å². The Morgan fingerprint density at radius 1 is 1.07 bits per heavy atom.